The largest absolute Gasteiger partial charge is 0.377 e. The predicted octanol–water partition coefficient (Wildman–Crippen LogP) is 1.80. The molecule has 1 aromatic carbocycles. The fourth-order valence-corrected chi connectivity index (χ4v) is 1.17. The number of nitrogens with two attached hydrogens (primary N) is 1. The van der Waals surface area contributed by atoms with E-state index in [9.17, 15) is 18.9 Å². The van der Waals surface area contributed by atoms with Crippen LogP contribution in [0.25, 0.3) is 0 Å². The molecule has 0 saturated heterocycles. The molecule has 0 atom stereocenters. The topological polar surface area (TPSA) is 81.2 Å². The molecular weight excluding hydrogens is 232 g/mol. The molecule has 0 amide bonds. The maximum absolute atomic E-state index is 13.3. The van der Waals surface area contributed by atoms with E-state index in [1.54, 1.807) is 12.2 Å². The fourth-order valence-electron chi connectivity index (χ4n) is 1.17. The van der Waals surface area contributed by atoms with Crippen molar-refractivity contribution in [1.82, 2.24) is 0 Å². The number of nitrogens with zero attached hydrogens (tertiary/aromatic N) is 1. The van der Waals surface area contributed by atoms with E-state index in [1.807, 2.05) is 0 Å². The zero-order chi connectivity index (χ0) is 12.8. The van der Waals surface area contributed by atoms with Gasteiger partial charge in [-0.15, -0.1) is 0 Å². The minimum Gasteiger partial charge on any atom is -0.377 e. The molecule has 5 nitrogen and oxygen atoms in total. The Morgan fingerprint density at radius 3 is 2.41 bits per heavy atom. The summed E-state index contributed by atoms with van der Waals surface area (Å²) in [6.45, 7) is 0.510. The Bertz CT molecular complexity index is 426. The molecule has 0 unspecified atom stereocenters. The number of non-ortho nitro benzene ring substituents is 1. The normalized spacial score (nSPS) is 10.8. The molecular formula is C10H11F2N3O2. The van der Waals surface area contributed by atoms with Gasteiger partial charge >= 0.3 is 0 Å². The average Bonchev–Trinajstić information content (AvgIpc) is 2.26. The number of nitro benzene ring substituents is 1. The van der Waals surface area contributed by atoms with Gasteiger partial charge in [0.15, 0.2) is 11.6 Å². The summed E-state index contributed by atoms with van der Waals surface area (Å²) in [7, 11) is 0. The number of hydrogen-bond donors (Lipinski definition) is 2. The van der Waals surface area contributed by atoms with Gasteiger partial charge in [-0.1, -0.05) is 12.2 Å². The molecule has 0 radical (unpaired) electrons. The van der Waals surface area contributed by atoms with E-state index in [-0.39, 0.29) is 6.54 Å². The second-order valence-electron chi connectivity index (χ2n) is 3.13. The van der Waals surface area contributed by atoms with Gasteiger partial charge in [0.1, 0.15) is 5.69 Å². The van der Waals surface area contributed by atoms with Gasteiger partial charge in [0, 0.05) is 13.1 Å². The minimum absolute atomic E-state index is 0.183. The lowest BCUT2D eigenvalue weighted by Crippen LogP contribution is -2.05. The number of nitrogens with one attached hydrogen (secondary N) is 1. The molecule has 0 aliphatic carbocycles. The summed E-state index contributed by atoms with van der Waals surface area (Å²) in [5.74, 6) is -2.00. The molecule has 0 aliphatic rings. The van der Waals surface area contributed by atoms with E-state index >= 15 is 0 Å². The lowest BCUT2D eigenvalue weighted by Gasteiger charge is -2.06. The van der Waals surface area contributed by atoms with Crippen LogP contribution in [0.4, 0.5) is 20.2 Å². The second-order valence-corrected chi connectivity index (χ2v) is 3.13. The van der Waals surface area contributed by atoms with Crippen molar-refractivity contribution in [2.75, 3.05) is 18.4 Å². The number of anilines is 1. The molecule has 0 saturated carbocycles. The Balaban J connectivity index is 2.86. The highest BCUT2D eigenvalue weighted by Crippen LogP contribution is 2.24. The molecule has 0 heterocycles. The number of nitro groups is 1. The first-order valence-corrected chi connectivity index (χ1v) is 4.78. The van der Waals surface area contributed by atoms with Gasteiger partial charge in [0.05, 0.1) is 17.1 Å². The zero-order valence-corrected chi connectivity index (χ0v) is 8.82. The van der Waals surface area contributed by atoms with Crippen LogP contribution in [0.15, 0.2) is 24.3 Å². The number of rotatable bonds is 5. The van der Waals surface area contributed by atoms with Gasteiger partial charge in [-0.3, -0.25) is 10.1 Å². The Morgan fingerprint density at radius 2 is 1.94 bits per heavy atom. The van der Waals surface area contributed by atoms with Crippen molar-refractivity contribution in [2.45, 2.75) is 0 Å². The molecule has 0 spiro atoms. The van der Waals surface area contributed by atoms with Crippen molar-refractivity contribution in [3.8, 4) is 0 Å². The van der Waals surface area contributed by atoms with E-state index in [4.69, 9.17) is 5.73 Å². The molecule has 17 heavy (non-hydrogen) atoms. The third-order valence-electron chi connectivity index (χ3n) is 1.94. The van der Waals surface area contributed by atoms with Crippen molar-refractivity contribution in [3.05, 3.63) is 46.0 Å². The van der Waals surface area contributed by atoms with Crippen LogP contribution in [0.5, 0.6) is 0 Å². The molecule has 0 bridgehead atoms. The number of halogens is 2. The van der Waals surface area contributed by atoms with Gasteiger partial charge < -0.3 is 11.1 Å². The SMILES string of the molecule is NC/C=C/CNc1c(F)cc([N+](=O)[O-])cc1F. The van der Waals surface area contributed by atoms with E-state index in [0.717, 1.165) is 0 Å². The Hall–Kier alpha value is -2.02. The summed E-state index contributed by atoms with van der Waals surface area (Å²) in [6, 6.07) is 1.33. The standard InChI is InChI=1S/C10H11F2N3O2/c11-8-5-7(15(16)17)6-9(12)10(8)14-4-2-1-3-13/h1-2,5-6,14H,3-4,13H2/b2-1+. The Kier molecular flexibility index (Phi) is 4.53. The Labute approximate surface area is 96.1 Å². The summed E-state index contributed by atoms with van der Waals surface area (Å²) in [4.78, 5) is 9.49. The molecule has 0 aliphatic heterocycles. The lowest BCUT2D eigenvalue weighted by atomic mass is 10.2. The molecule has 92 valence electrons. The maximum Gasteiger partial charge on any atom is 0.275 e. The van der Waals surface area contributed by atoms with Crippen molar-refractivity contribution in [3.63, 3.8) is 0 Å². The quantitative estimate of drug-likeness (QED) is 0.469. The van der Waals surface area contributed by atoms with Crippen molar-refractivity contribution >= 4 is 11.4 Å². The van der Waals surface area contributed by atoms with Crippen LogP contribution in [-0.4, -0.2) is 18.0 Å². The summed E-state index contributed by atoms with van der Waals surface area (Å²) >= 11 is 0. The van der Waals surface area contributed by atoms with E-state index < -0.39 is 27.9 Å². The second kappa shape index (κ2) is 5.90. The molecule has 1 rings (SSSR count). The molecule has 0 aromatic heterocycles. The van der Waals surface area contributed by atoms with Crippen LogP contribution < -0.4 is 11.1 Å². The average molecular weight is 243 g/mol. The highest BCUT2D eigenvalue weighted by molar-refractivity contribution is 5.51. The zero-order valence-electron chi connectivity index (χ0n) is 8.82. The van der Waals surface area contributed by atoms with E-state index in [0.29, 0.717) is 18.7 Å². The lowest BCUT2D eigenvalue weighted by molar-refractivity contribution is -0.385. The molecule has 7 heteroatoms. The van der Waals surface area contributed by atoms with Crippen LogP contribution in [-0.2, 0) is 0 Å². The monoisotopic (exact) mass is 243 g/mol. The van der Waals surface area contributed by atoms with Crippen molar-refractivity contribution in [1.29, 1.82) is 0 Å². The highest BCUT2D eigenvalue weighted by Gasteiger charge is 2.16. The first-order chi connectivity index (χ1) is 8.06. The van der Waals surface area contributed by atoms with Crippen LogP contribution in [0.1, 0.15) is 0 Å². The Morgan fingerprint density at radius 1 is 1.35 bits per heavy atom. The van der Waals surface area contributed by atoms with Crippen molar-refractivity contribution in [2.24, 2.45) is 5.73 Å². The summed E-state index contributed by atoms with van der Waals surface area (Å²) in [5, 5.41) is 12.8. The van der Waals surface area contributed by atoms with E-state index in [2.05, 4.69) is 5.32 Å². The van der Waals surface area contributed by atoms with E-state index in [1.165, 1.54) is 0 Å². The maximum atomic E-state index is 13.3. The third kappa shape index (κ3) is 3.49. The first-order valence-electron chi connectivity index (χ1n) is 4.78. The van der Waals surface area contributed by atoms with Gasteiger partial charge in [-0.05, 0) is 0 Å². The molecule has 0 fully saturated rings. The molecule has 3 N–H and O–H groups in total. The first kappa shape index (κ1) is 13.0. The number of hydrogen-bond acceptors (Lipinski definition) is 4. The fraction of sp³-hybridized carbons (Fsp3) is 0.200. The van der Waals surface area contributed by atoms with Crippen LogP contribution >= 0.6 is 0 Å². The summed E-state index contributed by atoms with van der Waals surface area (Å²) in [5.41, 5.74) is 4.17. The third-order valence-corrected chi connectivity index (χ3v) is 1.94. The van der Waals surface area contributed by atoms with Crippen LogP contribution in [0.3, 0.4) is 0 Å². The minimum atomic E-state index is -1.00. The van der Waals surface area contributed by atoms with Gasteiger partial charge in [0.2, 0.25) is 0 Å². The predicted molar refractivity (Wildman–Crippen MR) is 59.7 cm³/mol. The van der Waals surface area contributed by atoms with Gasteiger partial charge in [0.25, 0.3) is 5.69 Å². The van der Waals surface area contributed by atoms with Crippen LogP contribution in [0.2, 0.25) is 0 Å². The summed E-state index contributed by atoms with van der Waals surface area (Å²) < 4.78 is 26.6. The molecule has 1 aromatic rings. The van der Waals surface area contributed by atoms with Gasteiger partial charge in [-0.25, -0.2) is 8.78 Å². The summed E-state index contributed by atoms with van der Waals surface area (Å²) in [6.07, 6.45) is 3.22. The van der Waals surface area contributed by atoms with Crippen molar-refractivity contribution < 1.29 is 13.7 Å². The van der Waals surface area contributed by atoms with Crippen LogP contribution in [0, 0.1) is 21.7 Å². The highest BCUT2D eigenvalue weighted by atomic mass is 19.1. The number of benzene rings is 1. The van der Waals surface area contributed by atoms with Gasteiger partial charge in [-0.2, -0.15) is 0 Å². The smallest absolute Gasteiger partial charge is 0.275 e.